The fourth-order valence-corrected chi connectivity index (χ4v) is 3.76. The van der Waals surface area contributed by atoms with Crippen LogP contribution in [0.25, 0.3) is 22.3 Å². The molecule has 3 aromatic carbocycles. The van der Waals surface area contributed by atoms with E-state index >= 15 is 0 Å². The number of halogens is 1. The number of hydrogen-bond acceptors (Lipinski definition) is 4. The topological polar surface area (TPSA) is 91.3 Å². The number of carbonyl (C=O) groups is 2. The molecule has 0 bridgehead atoms. The van der Waals surface area contributed by atoms with Gasteiger partial charge in [-0.1, -0.05) is 66.2 Å². The van der Waals surface area contributed by atoms with Gasteiger partial charge in [0.15, 0.2) is 0 Å². The van der Waals surface area contributed by atoms with Crippen LogP contribution in [0.5, 0.6) is 0 Å². The first-order chi connectivity index (χ1) is 17.0. The molecule has 7 heteroatoms. The zero-order valence-corrected chi connectivity index (χ0v) is 19.6. The van der Waals surface area contributed by atoms with Crippen LogP contribution in [0.15, 0.2) is 91.1 Å². The summed E-state index contributed by atoms with van der Waals surface area (Å²) in [7, 11) is 0. The predicted molar refractivity (Wildman–Crippen MR) is 138 cm³/mol. The Morgan fingerprint density at radius 1 is 0.829 bits per heavy atom. The highest BCUT2D eigenvalue weighted by molar-refractivity contribution is 6.30. The molecule has 1 amide bonds. The number of anilines is 1. The Hall–Kier alpha value is -4.16. The first kappa shape index (κ1) is 24.0. The summed E-state index contributed by atoms with van der Waals surface area (Å²) < 4.78 is 0. The summed E-state index contributed by atoms with van der Waals surface area (Å²) >= 11 is 5.98. The molecule has 0 aliphatic carbocycles. The Balaban J connectivity index is 1.41. The van der Waals surface area contributed by atoms with Crippen LogP contribution in [0.2, 0.25) is 5.02 Å². The van der Waals surface area contributed by atoms with E-state index < -0.39 is 11.9 Å². The molecule has 1 heterocycles. The maximum atomic E-state index is 12.1. The van der Waals surface area contributed by atoms with Gasteiger partial charge >= 0.3 is 5.97 Å². The molecule has 3 N–H and O–H groups in total. The summed E-state index contributed by atoms with van der Waals surface area (Å²) in [6.07, 6.45) is 1.53. The number of aliphatic carboxylic acids is 1. The number of nitrogens with zero attached hydrogens (tertiary/aromatic N) is 1. The highest BCUT2D eigenvalue weighted by Crippen LogP contribution is 2.26. The Kier molecular flexibility index (Phi) is 7.75. The number of carbonyl (C=O) groups excluding carboxylic acids is 1. The first-order valence-corrected chi connectivity index (χ1v) is 11.5. The molecule has 0 saturated heterocycles. The maximum absolute atomic E-state index is 12.1. The van der Waals surface area contributed by atoms with E-state index in [0.29, 0.717) is 6.54 Å². The van der Waals surface area contributed by atoms with Crippen LogP contribution in [0.4, 0.5) is 5.69 Å². The van der Waals surface area contributed by atoms with E-state index in [-0.39, 0.29) is 18.7 Å². The summed E-state index contributed by atoms with van der Waals surface area (Å²) in [4.78, 5) is 27.0. The number of pyridine rings is 1. The summed E-state index contributed by atoms with van der Waals surface area (Å²) in [6, 6.07) is 27.5. The second kappa shape index (κ2) is 11.3. The minimum atomic E-state index is -0.962. The van der Waals surface area contributed by atoms with Crippen LogP contribution < -0.4 is 10.6 Å². The van der Waals surface area contributed by atoms with Gasteiger partial charge in [0.05, 0.1) is 6.42 Å². The van der Waals surface area contributed by atoms with Crippen LogP contribution in [0.1, 0.15) is 22.5 Å². The van der Waals surface area contributed by atoms with Gasteiger partial charge in [-0.2, -0.15) is 0 Å². The van der Waals surface area contributed by atoms with Crippen molar-refractivity contribution in [3.05, 3.63) is 107 Å². The van der Waals surface area contributed by atoms with Gasteiger partial charge in [-0.3, -0.25) is 14.6 Å². The van der Waals surface area contributed by atoms with Crippen molar-refractivity contribution in [3.8, 4) is 22.3 Å². The van der Waals surface area contributed by atoms with E-state index in [9.17, 15) is 9.59 Å². The van der Waals surface area contributed by atoms with Crippen molar-refractivity contribution in [2.45, 2.75) is 13.0 Å². The van der Waals surface area contributed by atoms with Crippen LogP contribution in [0, 0.1) is 0 Å². The number of rotatable bonds is 9. The van der Waals surface area contributed by atoms with E-state index in [4.69, 9.17) is 16.7 Å². The molecule has 0 spiro atoms. The molecule has 0 atom stereocenters. The van der Waals surface area contributed by atoms with Crippen molar-refractivity contribution >= 4 is 29.2 Å². The van der Waals surface area contributed by atoms with Gasteiger partial charge in [-0.05, 0) is 52.6 Å². The maximum Gasteiger partial charge on any atom is 0.305 e. The fourth-order valence-electron chi connectivity index (χ4n) is 3.64. The van der Waals surface area contributed by atoms with Crippen molar-refractivity contribution in [1.29, 1.82) is 0 Å². The highest BCUT2D eigenvalue weighted by atomic mass is 35.5. The molecular weight excluding hydrogens is 462 g/mol. The van der Waals surface area contributed by atoms with Gasteiger partial charge in [0.25, 0.3) is 5.91 Å². The number of amides is 1. The molecule has 6 nitrogen and oxygen atoms in total. The van der Waals surface area contributed by atoms with Crippen molar-refractivity contribution in [3.63, 3.8) is 0 Å². The second-order valence-corrected chi connectivity index (χ2v) is 8.36. The van der Waals surface area contributed by atoms with Gasteiger partial charge in [0, 0.05) is 35.6 Å². The number of nitrogens with one attached hydrogen (secondary N) is 2. The number of aromatic nitrogens is 1. The minimum Gasteiger partial charge on any atom is -0.481 e. The van der Waals surface area contributed by atoms with E-state index in [1.54, 1.807) is 12.3 Å². The second-order valence-electron chi connectivity index (χ2n) is 7.93. The molecule has 4 rings (SSSR count). The minimum absolute atomic E-state index is 0.0623. The summed E-state index contributed by atoms with van der Waals surface area (Å²) in [5.41, 5.74) is 6.48. The smallest absolute Gasteiger partial charge is 0.305 e. The van der Waals surface area contributed by atoms with Crippen molar-refractivity contribution < 1.29 is 14.7 Å². The molecule has 0 fully saturated rings. The van der Waals surface area contributed by atoms with E-state index in [1.807, 2.05) is 60.7 Å². The third kappa shape index (κ3) is 6.46. The number of hydrogen-bond donors (Lipinski definition) is 3. The van der Waals surface area contributed by atoms with Gasteiger partial charge in [-0.15, -0.1) is 0 Å². The Morgan fingerprint density at radius 3 is 2.14 bits per heavy atom. The molecule has 1 aromatic heterocycles. The SMILES string of the molecule is O=C(O)CCNC(=O)c1ccc(-c2ccccc2CNc2ccc(-c3ccc(Cl)cc3)cc2)cn1. The lowest BCUT2D eigenvalue weighted by molar-refractivity contribution is -0.136. The molecule has 176 valence electrons. The molecule has 4 aromatic rings. The van der Waals surface area contributed by atoms with Gasteiger partial charge in [0.2, 0.25) is 0 Å². The molecule has 0 aliphatic heterocycles. The molecule has 0 radical (unpaired) electrons. The van der Waals surface area contributed by atoms with E-state index in [0.717, 1.165) is 38.5 Å². The standard InChI is InChI=1S/C28H24ClN3O3/c29-23-10-5-19(6-11-23)20-7-12-24(13-8-20)31-17-21-3-1-2-4-25(21)22-9-14-26(32-18-22)28(35)30-16-15-27(33)34/h1-14,18,31H,15-17H2,(H,30,35)(H,33,34). The normalized spacial score (nSPS) is 10.5. The molecule has 35 heavy (non-hydrogen) atoms. The summed E-state index contributed by atoms with van der Waals surface area (Å²) in [5, 5.41) is 15.4. The molecular formula is C28H24ClN3O3. The third-order valence-electron chi connectivity index (χ3n) is 5.49. The number of carboxylic acids is 1. The predicted octanol–water partition coefficient (Wildman–Crippen LogP) is 5.89. The van der Waals surface area contributed by atoms with Crippen LogP contribution in [-0.2, 0) is 11.3 Å². The van der Waals surface area contributed by atoms with Crippen LogP contribution in [-0.4, -0.2) is 28.5 Å². The van der Waals surface area contributed by atoms with Crippen LogP contribution >= 0.6 is 11.6 Å². The Labute approximate surface area is 208 Å². The zero-order chi connectivity index (χ0) is 24.6. The average molecular weight is 486 g/mol. The first-order valence-electron chi connectivity index (χ1n) is 11.1. The van der Waals surface area contributed by atoms with Gasteiger partial charge < -0.3 is 15.7 Å². The van der Waals surface area contributed by atoms with Crippen molar-refractivity contribution in [2.24, 2.45) is 0 Å². The Morgan fingerprint density at radius 2 is 1.49 bits per heavy atom. The largest absolute Gasteiger partial charge is 0.481 e. The lowest BCUT2D eigenvalue weighted by Gasteiger charge is -2.13. The summed E-state index contributed by atoms with van der Waals surface area (Å²) in [5.74, 6) is -1.36. The summed E-state index contributed by atoms with van der Waals surface area (Å²) in [6.45, 7) is 0.681. The fraction of sp³-hybridized carbons (Fsp3) is 0.107. The van der Waals surface area contributed by atoms with Crippen LogP contribution in [0.3, 0.4) is 0 Å². The zero-order valence-electron chi connectivity index (χ0n) is 18.9. The number of benzene rings is 3. The molecule has 0 saturated carbocycles. The lowest BCUT2D eigenvalue weighted by Crippen LogP contribution is -2.26. The quantitative estimate of drug-likeness (QED) is 0.275. The van der Waals surface area contributed by atoms with Gasteiger partial charge in [0.1, 0.15) is 5.69 Å². The van der Waals surface area contributed by atoms with Crippen molar-refractivity contribution in [2.75, 3.05) is 11.9 Å². The third-order valence-corrected chi connectivity index (χ3v) is 5.75. The number of carboxylic acid groups (broad SMARTS) is 1. The van der Waals surface area contributed by atoms with Crippen molar-refractivity contribution in [1.82, 2.24) is 10.3 Å². The lowest BCUT2D eigenvalue weighted by atomic mass is 10.0. The molecule has 0 aliphatic rings. The van der Waals surface area contributed by atoms with E-state index in [1.165, 1.54) is 0 Å². The van der Waals surface area contributed by atoms with E-state index in [2.05, 4.69) is 33.8 Å². The monoisotopic (exact) mass is 485 g/mol. The highest BCUT2D eigenvalue weighted by Gasteiger charge is 2.10. The average Bonchev–Trinajstić information content (AvgIpc) is 2.88. The van der Waals surface area contributed by atoms with Gasteiger partial charge in [-0.25, -0.2) is 0 Å². The molecule has 0 unspecified atom stereocenters. The Bertz CT molecular complexity index is 1300.